The minimum absolute atomic E-state index is 0.207. The van der Waals surface area contributed by atoms with E-state index < -0.39 is 11.7 Å². The quantitative estimate of drug-likeness (QED) is 0.798. The molecule has 1 radical (unpaired) electrons. The average Bonchev–Trinajstić information content (AvgIpc) is 2.37. The van der Waals surface area contributed by atoms with Gasteiger partial charge in [-0.1, -0.05) is 26.0 Å². The smallest absolute Gasteiger partial charge is 0.302 e. The molecule has 0 amide bonds. The van der Waals surface area contributed by atoms with E-state index in [9.17, 15) is 13.2 Å². The number of benzene rings is 1. The van der Waals surface area contributed by atoms with Crippen LogP contribution in [0.15, 0.2) is 18.2 Å². The van der Waals surface area contributed by atoms with Crippen molar-refractivity contribution in [3.8, 4) is 0 Å². The summed E-state index contributed by atoms with van der Waals surface area (Å²) in [4.78, 5) is 2.36. The van der Waals surface area contributed by atoms with Crippen LogP contribution in [0.25, 0.3) is 0 Å². The van der Waals surface area contributed by atoms with Gasteiger partial charge in [-0.15, -0.1) is 0 Å². The van der Waals surface area contributed by atoms with E-state index in [1.165, 1.54) is 12.1 Å². The summed E-state index contributed by atoms with van der Waals surface area (Å²) in [5.41, 5.74) is 0.139. The highest BCUT2D eigenvalue weighted by Crippen LogP contribution is 2.33. The Kier molecular flexibility index (Phi) is 4.74. The summed E-state index contributed by atoms with van der Waals surface area (Å²) in [6.45, 7) is 7.27. The van der Waals surface area contributed by atoms with Crippen molar-refractivity contribution in [1.29, 1.82) is 0 Å². The van der Waals surface area contributed by atoms with Gasteiger partial charge in [-0.2, -0.15) is 13.2 Å². The molecule has 0 aliphatic carbocycles. The van der Waals surface area contributed by atoms with Crippen LogP contribution in [0, 0.1) is 12.0 Å². The lowest BCUT2D eigenvalue weighted by molar-refractivity contribution is -0.137. The second-order valence-corrected chi connectivity index (χ2v) is 6.03. The maximum absolute atomic E-state index is 12.7. The molecule has 1 saturated heterocycles. The molecule has 0 spiro atoms. The summed E-state index contributed by atoms with van der Waals surface area (Å²) < 4.78 is 38.2. The predicted octanol–water partition coefficient (Wildman–Crippen LogP) is 4.34. The first-order valence-corrected chi connectivity index (χ1v) is 7.17. The minimum atomic E-state index is -4.30. The molecular formula is C16H21F3N. The molecule has 1 aromatic rings. The van der Waals surface area contributed by atoms with E-state index in [2.05, 4.69) is 24.8 Å². The van der Waals surface area contributed by atoms with Gasteiger partial charge in [-0.05, 0) is 48.9 Å². The summed E-state index contributed by atoms with van der Waals surface area (Å²) in [7, 11) is 0. The molecule has 0 saturated carbocycles. The lowest BCUT2D eigenvalue weighted by Crippen LogP contribution is -2.36. The molecule has 1 atom stereocenters. The van der Waals surface area contributed by atoms with Crippen LogP contribution in [0.4, 0.5) is 13.2 Å². The molecule has 1 unspecified atom stereocenters. The van der Waals surface area contributed by atoms with Crippen molar-refractivity contribution in [1.82, 2.24) is 4.90 Å². The van der Waals surface area contributed by atoms with Crippen molar-refractivity contribution in [3.05, 3.63) is 35.4 Å². The van der Waals surface area contributed by atoms with Crippen molar-refractivity contribution in [3.63, 3.8) is 0 Å². The Balaban J connectivity index is 2.11. The number of hydrogen-bond acceptors (Lipinski definition) is 1. The zero-order valence-electron chi connectivity index (χ0n) is 12.0. The van der Waals surface area contributed by atoms with Crippen LogP contribution in [0.5, 0.6) is 0 Å². The van der Waals surface area contributed by atoms with Crippen LogP contribution in [-0.4, -0.2) is 24.5 Å². The van der Waals surface area contributed by atoms with Crippen LogP contribution in [0.1, 0.15) is 43.7 Å². The lowest BCUT2D eigenvalue weighted by Gasteiger charge is -2.34. The van der Waals surface area contributed by atoms with E-state index >= 15 is 0 Å². The Morgan fingerprint density at radius 2 is 2.15 bits per heavy atom. The molecule has 1 heterocycles. The predicted molar refractivity (Wildman–Crippen MR) is 73.5 cm³/mol. The molecule has 2 rings (SSSR count). The van der Waals surface area contributed by atoms with Crippen molar-refractivity contribution in [2.75, 3.05) is 19.6 Å². The lowest BCUT2D eigenvalue weighted by atomic mass is 9.89. The number of halogens is 3. The maximum Gasteiger partial charge on any atom is 0.417 e. The molecular weight excluding hydrogens is 263 g/mol. The molecule has 4 heteroatoms. The number of rotatable bonds is 3. The third kappa shape index (κ3) is 3.98. The fourth-order valence-electron chi connectivity index (χ4n) is 2.91. The van der Waals surface area contributed by atoms with Gasteiger partial charge in [-0.25, -0.2) is 0 Å². The number of piperidine rings is 1. The first-order valence-electron chi connectivity index (χ1n) is 7.17. The first kappa shape index (κ1) is 15.4. The molecule has 0 aromatic heterocycles. The summed E-state index contributed by atoms with van der Waals surface area (Å²) >= 11 is 0. The summed E-state index contributed by atoms with van der Waals surface area (Å²) in [6, 6.07) is 6.74. The van der Waals surface area contributed by atoms with Crippen LogP contribution >= 0.6 is 0 Å². The normalized spacial score (nSPS) is 21.4. The first-order chi connectivity index (χ1) is 9.36. The van der Waals surface area contributed by atoms with E-state index in [0.29, 0.717) is 5.92 Å². The molecule has 111 valence electrons. The van der Waals surface area contributed by atoms with Crippen LogP contribution < -0.4 is 0 Å². The van der Waals surface area contributed by atoms with Gasteiger partial charge in [0.25, 0.3) is 0 Å². The summed E-state index contributed by atoms with van der Waals surface area (Å²) in [5.74, 6) is 0.793. The molecule has 20 heavy (non-hydrogen) atoms. The highest BCUT2D eigenvalue weighted by Gasteiger charge is 2.31. The van der Waals surface area contributed by atoms with E-state index in [1.54, 1.807) is 6.07 Å². The largest absolute Gasteiger partial charge is 0.417 e. The summed E-state index contributed by atoms with van der Waals surface area (Å²) in [5, 5.41) is 0. The van der Waals surface area contributed by atoms with Crippen molar-refractivity contribution in [2.45, 2.75) is 38.8 Å². The molecule has 1 nitrogen and oxygen atoms in total. The van der Waals surface area contributed by atoms with Gasteiger partial charge in [0.05, 0.1) is 5.56 Å². The highest BCUT2D eigenvalue weighted by atomic mass is 19.4. The second kappa shape index (κ2) is 6.17. The molecule has 0 N–H and O–H groups in total. The Morgan fingerprint density at radius 1 is 1.40 bits per heavy atom. The number of alkyl halides is 3. The molecule has 1 aliphatic rings. The average molecular weight is 284 g/mol. The maximum atomic E-state index is 12.7. The van der Waals surface area contributed by atoms with Gasteiger partial charge in [-0.3, -0.25) is 0 Å². The number of nitrogens with zero attached hydrogens (tertiary/aromatic N) is 1. The Morgan fingerprint density at radius 3 is 2.80 bits per heavy atom. The Labute approximate surface area is 118 Å². The monoisotopic (exact) mass is 284 g/mol. The fourth-order valence-corrected chi connectivity index (χ4v) is 2.91. The third-order valence-corrected chi connectivity index (χ3v) is 3.73. The number of likely N-dealkylation sites (tertiary alicyclic amines) is 1. The Hall–Kier alpha value is -1.03. The summed E-state index contributed by atoms with van der Waals surface area (Å²) in [6.07, 6.45) is -2.28. The van der Waals surface area contributed by atoms with Gasteiger partial charge in [0.15, 0.2) is 0 Å². The van der Waals surface area contributed by atoms with Crippen LogP contribution in [0.2, 0.25) is 0 Å². The van der Waals surface area contributed by atoms with Crippen LogP contribution in [0.3, 0.4) is 0 Å². The third-order valence-electron chi connectivity index (χ3n) is 3.73. The number of hydrogen-bond donors (Lipinski definition) is 0. The van der Waals surface area contributed by atoms with E-state index in [4.69, 9.17) is 0 Å². The van der Waals surface area contributed by atoms with Crippen molar-refractivity contribution < 1.29 is 13.2 Å². The van der Waals surface area contributed by atoms with Gasteiger partial charge < -0.3 is 4.90 Å². The topological polar surface area (TPSA) is 3.24 Å². The van der Waals surface area contributed by atoms with E-state index in [0.717, 1.165) is 38.0 Å². The molecule has 1 aromatic carbocycles. The zero-order chi connectivity index (χ0) is 14.8. The highest BCUT2D eigenvalue weighted by molar-refractivity contribution is 5.28. The van der Waals surface area contributed by atoms with Gasteiger partial charge >= 0.3 is 6.18 Å². The van der Waals surface area contributed by atoms with Gasteiger partial charge in [0, 0.05) is 13.1 Å². The van der Waals surface area contributed by atoms with Gasteiger partial charge in [0.2, 0.25) is 0 Å². The molecule has 0 bridgehead atoms. The SMILES string of the molecule is CC(C)CN1CCCC(c2cc[c]c(C(F)(F)F)c2)C1. The fraction of sp³-hybridized carbons (Fsp3) is 0.625. The second-order valence-electron chi connectivity index (χ2n) is 6.03. The van der Waals surface area contributed by atoms with Gasteiger partial charge in [0.1, 0.15) is 0 Å². The molecule has 1 aliphatic heterocycles. The zero-order valence-corrected chi connectivity index (χ0v) is 12.0. The van der Waals surface area contributed by atoms with Crippen molar-refractivity contribution in [2.24, 2.45) is 5.92 Å². The molecule has 1 fully saturated rings. The minimum Gasteiger partial charge on any atom is -0.302 e. The van der Waals surface area contributed by atoms with Crippen molar-refractivity contribution >= 4 is 0 Å². The van der Waals surface area contributed by atoms with E-state index in [-0.39, 0.29) is 5.92 Å². The van der Waals surface area contributed by atoms with Crippen LogP contribution in [-0.2, 0) is 6.18 Å². The van der Waals surface area contributed by atoms with E-state index in [1.807, 2.05) is 0 Å². The Bertz CT molecular complexity index is 440. The standard InChI is InChI=1S/C16H21F3N/c1-12(2)10-20-8-4-6-14(11-20)13-5-3-7-15(9-13)16(17,18)19/h3,5,9,12,14H,4,6,8,10-11H2,1-2H3.